The molecule has 20 heavy (non-hydrogen) atoms. The zero-order valence-corrected chi connectivity index (χ0v) is 11.6. The number of oxime groups is 1. The van der Waals surface area contributed by atoms with Crippen molar-refractivity contribution in [2.75, 3.05) is 0 Å². The molecule has 2 rings (SSSR count). The van der Waals surface area contributed by atoms with Gasteiger partial charge in [0.25, 0.3) is 0 Å². The molecule has 0 aromatic heterocycles. The smallest absolute Gasteiger partial charge is 0.142 e. The van der Waals surface area contributed by atoms with Gasteiger partial charge in [0.15, 0.2) is 0 Å². The molecular formula is C17H16N2O. The Kier molecular flexibility index (Phi) is 4.52. The number of hydrogen-bond acceptors (Lipinski definition) is 3. The first kappa shape index (κ1) is 13.8. The SMILES string of the molecule is CC(=NOCc1ccccc1)c1ccc(C)c(C#N)c1. The maximum Gasteiger partial charge on any atom is 0.142 e. The minimum absolute atomic E-state index is 0.440. The lowest BCUT2D eigenvalue weighted by atomic mass is 10.0. The van der Waals surface area contributed by atoms with Crippen LogP contribution in [-0.4, -0.2) is 5.71 Å². The van der Waals surface area contributed by atoms with Crippen LogP contribution < -0.4 is 0 Å². The Morgan fingerprint density at radius 2 is 1.95 bits per heavy atom. The lowest BCUT2D eigenvalue weighted by molar-refractivity contribution is 0.130. The predicted molar refractivity (Wildman–Crippen MR) is 79.3 cm³/mol. The van der Waals surface area contributed by atoms with Gasteiger partial charge in [-0.25, -0.2) is 0 Å². The highest BCUT2D eigenvalue weighted by atomic mass is 16.6. The van der Waals surface area contributed by atoms with E-state index in [2.05, 4.69) is 11.2 Å². The van der Waals surface area contributed by atoms with Crippen LogP contribution in [0.1, 0.15) is 29.2 Å². The van der Waals surface area contributed by atoms with Crippen molar-refractivity contribution < 1.29 is 4.84 Å². The van der Waals surface area contributed by atoms with E-state index in [0.717, 1.165) is 22.4 Å². The fraction of sp³-hybridized carbons (Fsp3) is 0.176. The lowest BCUT2D eigenvalue weighted by Gasteiger charge is -2.04. The minimum atomic E-state index is 0.440. The van der Waals surface area contributed by atoms with Gasteiger partial charge in [0.2, 0.25) is 0 Å². The molecule has 0 spiro atoms. The Labute approximate surface area is 119 Å². The maximum atomic E-state index is 9.03. The first-order valence-corrected chi connectivity index (χ1v) is 6.42. The van der Waals surface area contributed by atoms with E-state index in [1.54, 1.807) is 0 Å². The van der Waals surface area contributed by atoms with Crippen LogP contribution in [0.4, 0.5) is 0 Å². The standard InChI is InChI=1S/C17H16N2O/c1-13-8-9-16(10-17(13)11-18)14(2)19-20-12-15-6-4-3-5-7-15/h3-10H,12H2,1-2H3. The van der Waals surface area contributed by atoms with E-state index in [9.17, 15) is 0 Å². The van der Waals surface area contributed by atoms with Gasteiger partial charge < -0.3 is 4.84 Å². The average molecular weight is 264 g/mol. The summed E-state index contributed by atoms with van der Waals surface area (Å²) in [5.74, 6) is 0. The third kappa shape index (κ3) is 3.46. The summed E-state index contributed by atoms with van der Waals surface area (Å²) in [4.78, 5) is 5.34. The molecule has 0 saturated heterocycles. The molecule has 2 aromatic rings. The van der Waals surface area contributed by atoms with Gasteiger partial charge in [0.05, 0.1) is 17.3 Å². The molecule has 100 valence electrons. The Hall–Kier alpha value is -2.60. The summed E-state index contributed by atoms with van der Waals surface area (Å²) in [7, 11) is 0. The zero-order valence-electron chi connectivity index (χ0n) is 11.6. The second kappa shape index (κ2) is 6.53. The fourth-order valence-electron chi connectivity index (χ4n) is 1.80. The highest BCUT2D eigenvalue weighted by Crippen LogP contribution is 2.11. The fourth-order valence-corrected chi connectivity index (χ4v) is 1.80. The molecule has 0 heterocycles. The summed E-state index contributed by atoms with van der Waals surface area (Å²) in [6.45, 7) is 4.23. The number of rotatable bonds is 4. The molecule has 0 radical (unpaired) electrons. The highest BCUT2D eigenvalue weighted by molar-refractivity contribution is 5.98. The van der Waals surface area contributed by atoms with Gasteiger partial charge in [-0.05, 0) is 31.0 Å². The van der Waals surface area contributed by atoms with Crippen LogP contribution >= 0.6 is 0 Å². The minimum Gasteiger partial charge on any atom is -0.391 e. The lowest BCUT2D eigenvalue weighted by Crippen LogP contribution is -1.98. The summed E-state index contributed by atoms with van der Waals surface area (Å²) in [5.41, 5.74) is 4.37. The topological polar surface area (TPSA) is 45.4 Å². The van der Waals surface area contributed by atoms with Crippen LogP contribution in [0.5, 0.6) is 0 Å². The number of benzene rings is 2. The second-order valence-corrected chi connectivity index (χ2v) is 4.58. The molecule has 0 amide bonds. The summed E-state index contributed by atoms with van der Waals surface area (Å²) >= 11 is 0. The van der Waals surface area contributed by atoms with E-state index in [4.69, 9.17) is 10.1 Å². The van der Waals surface area contributed by atoms with Crippen LogP contribution in [0.2, 0.25) is 0 Å². The van der Waals surface area contributed by atoms with Gasteiger partial charge >= 0.3 is 0 Å². The highest BCUT2D eigenvalue weighted by Gasteiger charge is 2.03. The van der Waals surface area contributed by atoms with Gasteiger partial charge in [-0.15, -0.1) is 0 Å². The second-order valence-electron chi connectivity index (χ2n) is 4.58. The third-order valence-corrected chi connectivity index (χ3v) is 3.05. The number of hydrogen-bond donors (Lipinski definition) is 0. The van der Waals surface area contributed by atoms with Crippen LogP contribution in [0.25, 0.3) is 0 Å². The zero-order chi connectivity index (χ0) is 14.4. The first-order chi connectivity index (χ1) is 9.70. The van der Waals surface area contributed by atoms with Gasteiger partial charge in [-0.2, -0.15) is 5.26 Å². The van der Waals surface area contributed by atoms with E-state index in [1.807, 2.05) is 62.4 Å². The largest absolute Gasteiger partial charge is 0.391 e. The number of aryl methyl sites for hydroxylation is 1. The monoisotopic (exact) mass is 264 g/mol. The predicted octanol–water partition coefficient (Wildman–Crippen LogP) is 3.81. The molecule has 0 aliphatic rings. The van der Waals surface area contributed by atoms with E-state index in [0.29, 0.717) is 12.2 Å². The van der Waals surface area contributed by atoms with Gasteiger partial charge in [-0.1, -0.05) is 47.6 Å². The van der Waals surface area contributed by atoms with Crippen molar-refractivity contribution in [3.63, 3.8) is 0 Å². The molecule has 0 aliphatic heterocycles. The summed E-state index contributed by atoms with van der Waals surface area (Å²) in [6.07, 6.45) is 0. The van der Waals surface area contributed by atoms with E-state index in [-0.39, 0.29) is 0 Å². The van der Waals surface area contributed by atoms with Crippen LogP contribution in [0.3, 0.4) is 0 Å². The van der Waals surface area contributed by atoms with Gasteiger partial charge in [-0.3, -0.25) is 0 Å². The molecule has 2 aromatic carbocycles. The molecule has 0 aliphatic carbocycles. The van der Waals surface area contributed by atoms with Crippen LogP contribution in [0.15, 0.2) is 53.7 Å². The van der Waals surface area contributed by atoms with Crippen LogP contribution in [0, 0.1) is 18.3 Å². The Morgan fingerprint density at radius 3 is 2.65 bits per heavy atom. The molecule has 0 N–H and O–H groups in total. The summed E-state index contributed by atoms with van der Waals surface area (Å²) < 4.78 is 0. The molecule has 0 bridgehead atoms. The Balaban J connectivity index is 2.06. The van der Waals surface area contributed by atoms with Gasteiger partial charge in [0, 0.05) is 5.56 Å². The molecule has 3 heteroatoms. The van der Waals surface area contributed by atoms with E-state index in [1.165, 1.54) is 0 Å². The van der Waals surface area contributed by atoms with Gasteiger partial charge in [0.1, 0.15) is 6.61 Å². The molecule has 3 nitrogen and oxygen atoms in total. The van der Waals surface area contributed by atoms with Crippen molar-refractivity contribution in [3.05, 3.63) is 70.8 Å². The van der Waals surface area contributed by atoms with Crippen molar-refractivity contribution in [1.82, 2.24) is 0 Å². The Bertz CT molecular complexity index is 654. The van der Waals surface area contributed by atoms with Crippen molar-refractivity contribution in [2.24, 2.45) is 5.16 Å². The van der Waals surface area contributed by atoms with Crippen molar-refractivity contribution >= 4 is 5.71 Å². The van der Waals surface area contributed by atoms with Crippen molar-refractivity contribution in [1.29, 1.82) is 5.26 Å². The summed E-state index contributed by atoms with van der Waals surface area (Å²) in [6, 6.07) is 17.8. The average Bonchev–Trinajstić information content (AvgIpc) is 2.48. The normalized spacial score (nSPS) is 10.9. The van der Waals surface area contributed by atoms with Crippen LogP contribution in [-0.2, 0) is 11.4 Å². The quantitative estimate of drug-likeness (QED) is 0.622. The number of nitrogens with zero attached hydrogens (tertiary/aromatic N) is 2. The molecule has 0 fully saturated rings. The van der Waals surface area contributed by atoms with Crippen molar-refractivity contribution in [2.45, 2.75) is 20.5 Å². The third-order valence-electron chi connectivity index (χ3n) is 3.05. The molecule has 0 unspecified atom stereocenters. The Morgan fingerprint density at radius 1 is 1.20 bits per heavy atom. The van der Waals surface area contributed by atoms with Crippen molar-refractivity contribution in [3.8, 4) is 6.07 Å². The number of nitriles is 1. The maximum absolute atomic E-state index is 9.03. The molecule has 0 atom stereocenters. The van der Waals surface area contributed by atoms with E-state index < -0.39 is 0 Å². The summed E-state index contributed by atoms with van der Waals surface area (Å²) in [5, 5.41) is 13.1. The van der Waals surface area contributed by atoms with E-state index >= 15 is 0 Å². The first-order valence-electron chi connectivity index (χ1n) is 6.42. The molecular weight excluding hydrogens is 248 g/mol. The molecule has 0 saturated carbocycles.